The Balaban J connectivity index is 2.01. The van der Waals surface area contributed by atoms with Gasteiger partial charge in [-0.1, -0.05) is 25.6 Å². The Labute approximate surface area is 114 Å². The van der Waals surface area contributed by atoms with Gasteiger partial charge in [-0.3, -0.25) is 0 Å². The summed E-state index contributed by atoms with van der Waals surface area (Å²) in [6.07, 6.45) is 7.69. The van der Waals surface area contributed by atoms with E-state index >= 15 is 0 Å². The Morgan fingerprint density at radius 2 is 2.06 bits per heavy atom. The quantitative estimate of drug-likeness (QED) is 0.849. The predicted octanol–water partition coefficient (Wildman–Crippen LogP) is 3.04. The Kier molecular flexibility index (Phi) is 5.01. The fourth-order valence-corrected chi connectivity index (χ4v) is 3.85. The maximum atomic E-state index is 4.42. The fourth-order valence-electron chi connectivity index (χ4n) is 2.53. The van der Waals surface area contributed by atoms with Gasteiger partial charge < -0.3 is 5.32 Å². The summed E-state index contributed by atoms with van der Waals surface area (Å²) >= 11 is 1.84. The van der Waals surface area contributed by atoms with Crippen molar-refractivity contribution in [3.05, 3.63) is 18.0 Å². The van der Waals surface area contributed by atoms with E-state index in [0.29, 0.717) is 11.3 Å². The lowest BCUT2D eigenvalue weighted by Gasteiger charge is -2.34. The molecule has 1 heterocycles. The molecule has 3 nitrogen and oxygen atoms in total. The second-order valence-corrected chi connectivity index (χ2v) is 6.49. The third-order valence-corrected chi connectivity index (χ3v) is 4.78. The molecule has 18 heavy (non-hydrogen) atoms. The van der Waals surface area contributed by atoms with Gasteiger partial charge in [0.1, 0.15) is 0 Å². The van der Waals surface area contributed by atoms with Crippen LogP contribution in [0.25, 0.3) is 0 Å². The number of aromatic nitrogens is 2. The van der Waals surface area contributed by atoms with Crippen molar-refractivity contribution < 1.29 is 0 Å². The fraction of sp³-hybridized carbons (Fsp3) is 0.714. The average molecular weight is 265 g/mol. The zero-order valence-corrected chi connectivity index (χ0v) is 12.3. The summed E-state index contributed by atoms with van der Waals surface area (Å²) in [5.41, 5.74) is 1.12. The van der Waals surface area contributed by atoms with E-state index in [1.54, 1.807) is 0 Å². The van der Waals surface area contributed by atoms with Crippen molar-refractivity contribution in [3.8, 4) is 0 Å². The number of thioether (sulfide) groups is 1. The smallest absolute Gasteiger partial charge is 0.187 e. The molecule has 0 spiro atoms. The van der Waals surface area contributed by atoms with Gasteiger partial charge >= 0.3 is 0 Å². The first-order valence-electron chi connectivity index (χ1n) is 6.87. The van der Waals surface area contributed by atoms with Gasteiger partial charge in [0, 0.05) is 23.7 Å². The van der Waals surface area contributed by atoms with E-state index in [1.165, 1.54) is 19.3 Å². The summed E-state index contributed by atoms with van der Waals surface area (Å²) in [6.45, 7) is 7.61. The first-order valence-corrected chi connectivity index (χ1v) is 7.75. The Morgan fingerprint density at radius 3 is 2.72 bits per heavy atom. The number of rotatable bonds is 4. The van der Waals surface area contributed by atoms with Gasteiger partial charge in [0.15, 0.2) is 5.16 Å². The zero-order chi connectivity index (χ0) is 13.0. The maximum Gasteiger partial charge on any atom is 0.187 e. The topological polar surface area (TPSA) is 37.8 Å². The highest BCUT2D eigenvalue weighted by Gasteiger charge is 2.29. The van der Waals surface area contributed by atoms with Gasteiger partial charge in [-0.2, -0.15) is 0 Å². The van der Waals surface area contributed by atoms with E-state index in [4.69, 9.17) is 0 Å². The number of aryl methyl sites for hydroxylation is 1. The molecular formula is C14H23N3S. The standard InChI is InChI=1S/C14H23N3S/c1-4-15-12-6-5-10(2)7-13(12)18-14-16-8-11(3)9-17-14/h8-10,12-13,15H,4-7H2,1-3H3. The molecule has 0 aliphatic heterocycles. The van der Waals surface area contributed by atoms with Gasteiger partial charge in [0.25, 0.3) is 0 Å². The number of hydrogen-bond donors (Lipinski definition) is 1. The van der Waals surface area contributed by atoms with Crippen LogP contribution in [0.2, 0.25) is 0 Å². The molecule has 1 aliphatic carbocycles. The molecule has 1 aliphatic rings. The average Bonchev–Trinajstić information content (AvgIpc) is 2.36. The SMILES string of the molecule is CCNC1CCC(C)CC1Sc1ncc(C)cn1. The number of nitrogens with zero attached hydrogens (tertiary/aromatic N) is 2. The minimum atomic E-state index is 0.608. The van der Waals surface area contributed by atoms with Crippen LogP contribution in [0.1, 0.15) is 38.7 Å². The Hall–Kier alpha value is -0.610. The van der Waals surface area contributed by atoms with Crippen molar-refractivity contribution in [2.24, 2.45) is 5.92 Å². The highest BCUT2D eigenvalue weighted by atomic mass is 32.2. The molecule has 0 radical (unpaired) electrons. The highest BCUT2D eigenvalue weighted by Crippen LogP contribution is 2.34. The molecule has 0 aromatic carbocycles. The molecule has 1 fully saturated rings. The van der Waals surface area contributed by atoms with Crippen LogP contribution in [0, 0.1) is 12.8 Å². The third kappa shape index (κ3) is 3.69. The second-order valence-electron chi connectivity index (χ2n) is 5.28. The molecular weight excluding hydrogens is 242 g/mol. The van der Waals surface area contributed by atoms with Crippen LogP contribution in [0.5, 0.6) is 0 Å². The normalized spacial score (nSPS) is 28.3. The molecule has 0 amide bonds. The third-order valence-electron chi connectivity index (χ3n) is 3.53. The molecule has 0 bridgehead atoms. The van der Waals surface area contributed by atoms with Crippen molar-refractivity contribution in [2.45, 2.75) is 56.5 Å². The van der Waals surface area contributed by atoms with E-state index in [9.17, 15) is 0 Å². The summed E-state index contributed by atoms with van der Waals surface area (Å²) in [5, 5.41) is 5.14. The molecule has 1 aromatic heterocycles. The summed E-state index contributed by atoms with van der Waals surface area (Å²) in [5.74, 6) is 0.822. The Morgan fingerprint density at radius 1 is 1.33 bits per heavy atom. The van der Waals surface area contributed by atoms with Crippen LogP contribution < -0.4 is 5.32 Å². The van der Waals surface area contributed by atoms with Crippen molar-refractivity contribution >= 4 is 11.8 Å². The minimum absolute atomic E-state index is 0.608. The van der Waals surface area contributed by atoms with Crippen LogP contribution in [0.4, 0.5) is 0 Å². The first-order chi connectivity index (χ1) is 8.69. The summed E-state index contributed by atoms with van der Waals surface area (Å²) in [7, 11) is 0. The molecule has 1 aromatic rings. The minimum Gasteiger partial charge on any atom is -0.313 e. The monoisotopic (exact) mass is 265 g/mol. The number of nitrogens with one attached hydrogen (secondary N) is 1. The van der Waals surface area contributed by atoms with Crippen LogP contribution in [0.3, 0.4) is 0 Å². The molecule has 1 N–H and O–H groups in total. The van der Waals surface area contributed by atoms with Gasteiger partial charge in [0.05, 0.1) is 0 Å². The molecule has 2 rings (SSSR count). The van der Waals surface area contributed by atoms with Gasteiger partial charge in [-0.15, -0.1) is 0 Å². The molecule has 100 valence electrons. The number of hydrogen-bond acceptors (Lipinski definition) is 4. The zero-order valence-electron chi connectivity index (χ0n) is 11.5. The van der Waals surface area contributed by atoms with E-state index in [0.717, 1.165) is 23.2 Å². The van der Waals surface area contributed by atoms with Crippen LogP contribution in [-0.2, 0) is 0 Å². The Bertz CT molecular complexity index is 366. The van der Waals surface area contributed by atoms with E-state index in [1.807, 2.05) is 31.1 Å². The molecule has 1 saturated carbocycles. The highest BCUT2D eigenvalue weighted by molar-refractivity contribution is 7.99. The lowest BCUT2D eigenvalue weighted by molar-refractivity contribution is 0.320. The summed E-state index contributed by atoms with van der Waals surface area (Å²) < 4.78 is 0. The van der Waals surface area contributed by atoms with Crippen molar-refractivity contribution in [1.29, 1.82) is 0 Å². The van der Waals surface area contributed by atoms with Crippen LogP contribution in [0.15, 0.2) is 17.6 Å². The summed E-state index contributed by atoms with van der Waals surface area (Å²) in [4.78, 5) is 8.83. The van der Waals surface area contributed by atoms with Crippen molar-refractivity contribution in [2.75, 3.05) is 6.54 Å². The van der Waals surface area contributed by atoms with Gasteiger partial charge in [0.2, 0.25) is 0 Å². The van der Waals surface area contributed by atoms with E-state index < -0.39 is 0 Å². The molecule has 4 heteroatoms. The van der Waals surface area contributed by atoms with Gasteiger partial charge in [-0.05, 0) is 44.2 Å². The van der Waals surface area contributed by atoms with Crippen molar-refractivity contribution in [3.63, 3.8) is 0 Å². The first kappa shape index (κ1) is 13.8. The van der Waals surface area contributed by atoms with Crippen LogP contribution >= 0.6 is 11.8 Å². The molecule has 0 saturated heterocycles. The van der Waals surface area contributed by atoms with Gasteiger partial charge in [-0.25, -0.2) is 9.97 Å². The maximum absolute atomic E-state index is 4.42. The van der Waals surface area contributed by atoms with E-state index in [2.05, 4.69) is 29.1 Å². The lowest BCUT2D eigenvalue weighted by Crippen LogP contribution is -2.42. The lowest BCUT2D eigenvalue weighted by atomic mass is 9.87. The predicted molar refractivity (Wildman–Crippen MR) is 76.9 cm³/mol. The van der Waals surface area contributed by atoms with Crippen LogP contribution in [-0.4, -0.2) is 27.8 Å². The second kappa shape index (κ2) is 6.53. The largest absolute Gasteiger partial charge is 0.313 e. The molecule has 3 atom stereocenters. The summed E-state index contributed by atoms with van der Waals surface area (Å²) in [6, 6.07) is 0.612. The molecule has 3 unspecified atom stereocenters. The van der Waals surface area contributed by atoms with E-state index in [-0.39, 0.29) is 0 Å². The van der Waals surface area contributed by atoms with Crippen molar-refractivity contribution in [1.82, 2.24) is 15.3 Å².